The summed E-state index contributed by atoms with van der Waals surface area (Å²) in [6, 6.07) is 2.87. The number of phenols is 3. The van der Waals surface area contributed by atoms with E-state index < -0.39 is 5.43 Å². The van der Waals surface area contributed by atoms with Gasteiger partial charge in [-0.25, -0.2) is 0 Å². The molecule has 33 heavy (non-hydrogen) atoms. The number of fused-ring (bicyclic) bond motifs is 2. The van der Waals surface area contributed by atoms with E-state index >= 15 is 0 Å². The molecule has 0 aliphatic carbocycles. The Morgan fingerprint density at radius 1 is 0.879 bits per heavy atom. The highest BCUT2D eigenvalue weighted by molar-refractivity contribution is 5.93. The van der Waals surface area contributed by atoms with Crippen LogP contribution in [0.3, 0.4) is 0 Å². The van der Waals surface area contributed by atoms with E-state index in [0.29, 0.717) is 23.5 Å². The molecule has 2 heterocycles. The molecule has 172 valence electrons. The van der Waals surface area contributed by atoms with Crippen LogP contribution in [0.4, 0.5) is 0 Å². The number of hydrogen-bond acceptors (Lipinski definition) is 7. The third kappa shape index (κ3) is 4.02. The van der Waals surface area contributed by atoms with Crippen molar-refractivity contribution in [2.45, 2.75) is 40.5 Å². The Hall–Kier alpha value is -3.87. The van der Waals surface area contributed by atoms with E-state index in [1.165, 1.54) is 18.4 Å². The van der Waals surface area contributed by atoms with Crippen molar-refractivity contribution in [3.8, 4) is 39.9 Å². The van der Waals surface area contributed by atoms with Crippen LogP contribution in [0.1, 0.15) is 38.8 Å². The standard InChI is InChI=1S/C26H26O7/c1-13(2)5-7-15-23(28)16(8-6-14(3)4)26-22(24(15)29)25(30)18(11-31-26)17-9-20-21(10-19(17)27)33-12-32-20/h5-6,9-11,27-29H,7-8,12H2,1-4H3. The smallest absolute Gasteiger partial charge is 0.231 e. The second kappa shape index (κ2) is 8.58. The molecule has 4 rings (SSSR count). The molecule has 0 spiro atoms. The van der Waals surface area contributed by atoms with E-state index in [1.54, 1.807) is 0 Å². The number of allylic oxidation sites excluding steroid dienone is 4. The molecular formula is C26H26O7. The molecule has 0 saturated heterocycles. The van der Waals surface area contributed by atoms with Crippen LogP contribution < -0.4 is 14.9 Å². The van der Waals surface area contributed by atoms with Crippen molar-refractivity contribution in [2.75, 3.05) is 6.79 Å². The summed E-state index contributed by atoms with van der Waals surface area (Å²) in [5.41, 5.74) is 2.54. The van der Waals surface area contributed by atoms with Crippen molar-refractivity contribution in [1.29, 1.82) is 0 Å². The molecule has 0 amide bonds. The van der Waals surface area contributed by atoms with E-state index in [2.05, 4.69) is 0 Å². The average molecular weight is 450 g/mol. The Kier molecular flexibility index (Phi) is 5.80. The summed E-state index contributed by atoms with van der Waals surface area (Å²) >= 11 is 0. The van der Waals surface area contributed by atoms with E-state index in [1.807, 2.05) is 39.8 Å². The van der Waals surface area contributed by atoms with Crippen molar-refractivity contribution >= 4 is 11.0 Å². The van der Waals surface area contributed by atoms with Gasteiger partial charge in [-0.15, -0.1) is 0 Å². The summed E-state index contributed by atoms with van der Waals surface area (Å²) in [5, 5.41) is 32.5. The SMILES string of the molecule is CC(C)=CCc1c(O)c(CC=C(C)C)c2occ(-c3cc4c(cc3O)OCO4)c(=O)c2c1O. The number of ether oxygens (including phenoxy) is 2. The van der Waals surface area contributed by atoms with Crippen molar-refractivity contribution in [3.05, 3.63) is 63.0 Å². The van der Waals surface area contributed by atoms with Crippen LogP contribution in [-0.2, 0) is 12.8 Å². The third-order valence-corrected chi connectivity index (χ3v) is 5.57. The van der Waals surface area contributed by atoms with Crippen LogP contribution in [0.25, 0.3) is 22.1 Å². The molecule has 0 unspecified atom stereocenters. The van der Waals surface area contributed by atoms with Crippen LogP contribution in [-0.4, -0.2) is 22.1 Å². The topological polar surface area (TPSA) is 109 Å². The lowest BCUT2D eigenvalue weighted by Gasteiger charge is -2.15. The Morgan fingerprint density at radius 2 is 1.48 bits per heavy atom. The lowest BCUT2D eigenvalue weighted by molar-refractivity contribution is 0.174. The molecule has 7 heteroatoms. The van der Waals surface area contributed by atoms with Crippen LogP contribution in [0.2, 0.25) is 0 Å². The van der Waals surface area contributed by atoms with Gasteiger partial charge < -0.3 is 29.2 Å². The molecule has 3 aromatic rings. The predicted molar refractivity (Wildman–Crippen MR) is 125 cm³/mol. The first-order valence-electron chi connectivity index (χ1n) is 10.6. The van der Waals surface area contributed by atoms with Gasteiger partial charge in [0.05, 0.1) is 5.56 Å². The highest BCUT2D eigenvalue weighted by Crippen LogP contribution is 2.44. The fourth-order valence-corrected chi connectivity index (χ4v) is 3.79. The van der Waals surface area contributed by atoms with E-state index in [0.717, 1.165) is 11.1 Å². The minimum Gasteiger partial charge on any atom is -0.507 e. The number of rotatable bonds is 5. The zero-order valence-electron chi connectivity index (χ0n) is 19.0. The predicted octanol–water partition coefficient (Wildman–Crippen LogP) is 5.32. The average Bonchev–Trinajstić information content (AvgIpc) is 3.19. The van der Waals surface area contributed by atoms with Gasteiger partial charge in [0.2, 0.25) is 12.2 Å². The van der Waals surface area contributed by atoms with Gasteiger partial charge in [-0.1, -0.05) is 23.3 Å². The summed E-state index contributed by atoms with van der Waals surface area (Å²) < 4.78 is 16.4. The third-order valence-electron chi connectivity index (χ3n) is 5.57. The van der Waals surface area contributed by atoms with Crippen molar-refractivity contribution in [1.82, 2.24) is 0 Å². The lowest BCUT2D eigenvalue weighted by Crippen LogP contribution is -2.08. The Morgan fingerprint density at radius 3 is 2.12 bits per heavy atom. The van der Waals surface area contributed by atoms with Gasteiger partial charge in [0.1, 0.15) is 34.5 Å². The lowest BCUT2D eigenvalue weighted by atomic mass is 9.95. The van der Waals surface area contributed by atoms with Gasteiger partial charge in [0, 0.05) is 22.8 Å². The summed E-state index contributed by atoms with van der Waals surface area (Å²) in [7, 11) is 0. The van der Waals surface area contributed by atoms with Gasteiger partial charge in [-0.2, -0.15) is 0 Å². The number of benzene rings is 2. The maximum absolute atomic E-state index is 13.6. The van der Waals surface area contributed by atoms with Crippen LogP contribution in [0, 0.1) is 0 Å². The van der Waals surface area contributed by atoms with E-state index in [-0.39, 0.29) is 58.1 Å². The number of aromatic hydroxyl groups is 3. The summed E-state index contributed by atoms with van der Waals surface area (Å²) in [6.07, 6.45) is 5.57. The first kappa shape index (κ1) is 22.3. The first-order chi connectivity index (χ1) is 15.7. The van der Waals surface area contributed by atoms with Crippen LogP contribution in [0.5, 0.6) is 28.7 Å². The normalized spacial score (nSPS) is 12.1. The number of hydrogen-bond donors (Lipinski definition) is 3. The Balaban J connectivity index is 2.01. The van der Waals surface area contributed by atoms with Crippen LogP contribution >= 0.6 is 0 Å². The molecule has 0 radical (unpaired) electrons. The van der Waals surface area contributed by atoms with Gasteiger partial charge in [-0.3, -0.25) is 4.79 Å². The van der Waals surface area contributed by atoms with E-state index in [4.69, 9.17) is 13.9 Å². The minimum atomic E-state index is -0.528. The Labute approximate surface area is 190 Å². The molecule has 0 atom stereocenters. The zero-order valence-corrected chi connectivity index (χ0v) is 19.0. The summed E-state index contributed by atoms with van der Waals surface area (Å²) in [6.45, 7) is 7.70. The minimum absolute atomic E-state index is 0.0199. The van der Waals surface area contributed by atoms with Gasteiger partial charge in [-0.05, 0) is 46.6 Å². The molecule has 2 aromatic carbocycles. The monoisotopic (exact) mass is 450 g/mol. The van der Waals surface area contributed by atoms with Gasteiger partial charge in [0.15, 0.2) is 11.5 Å². The summed E-state index contributed by atoms with van der Waals surface area (Å²) in [5.74, 6) is 0.153. The van der Waals surface area contributed by atoms with Gasteiger partial charge in [0.25, 0.3) is 0 Å². The second-order valence-corrected chi connectivity index (χ2v) is 8.53. The fraction of sp³-hybridized carbons (Fsp3) is 0.269. The molecule has 1 aliphatic rings. The number of phenolic OH excluding ortho intramolecular Hbond substituents is 3. The van der Waals surface area contributed by atoms with Crippen molar-refractivity contribution in [2.24, 2.45) is 0 Å². The zero-order chi connectivity index (χ0) is 23.9. The highest BCUT2D eigenvalue weighted by atomic mass is 16.7. The summed E-state index contributed by atoms with van der Waals surface area (Å²) in [4.78, 5) is 13.6. The quantitative estimate of drug-likeness (QED) is 0.451. The molecule has 0 bridgehead atoms. The first-order valence-corrected chi connectivity index (χ1v) is 10.6. The molecule has 0 fully saturated rings. The van der Waals surface area contributed by atoms with Crippen molar-refractivity contribution in [3.63, 3.8) is 0 Å². The Bertz CT molecular complexity index is 1370. The molecule has 1 aromatic heterocycles. The fourth-order valence-electron chi connectivity index (χ4n) is 3.79. The van der Waals surface area contributed by atoms with Crippen molar-refractivity contribution < 1.29 is 29.2 Å². The van der Waals surface area contributed by atoms with E-state index in [9.17, 15) is 20.1 Å². The maximum Gasteiger partial charge on any atom is 0.231 e. The molecule has 1 aliphatic heterocycles. The van der Waals surface area contributed by atoms with Gasteiger partial charge >= 0.3 is 0 Å². The molecule has 0 saturated carbocycles. The molecule has 7 nitrogen and oxygen atoms in total. The van der Waals surface area contributed by atoms with Crippen LogP contribution in [0.15, 0.2) is 50.9 Å². The highest BCUT2D eigenvalue weighted by Gasteiger charge is 2.25. The maximum atomic E-state index is 13.6. The molecular weight excluding hydrogens is 424 g/mol. The second-order valence-electron chi connectivity index (χ2n) is 8.53. The molecule has 3 N–H and O–H groups in total. The largest absolute Gasteiger partial charge is 0.507 e.